The highest BCUT2D eigenvalue weighted by Gasteiger charge is 2.34. The van der Waals surface area contributed by atoms with E-state index in [2.05, 4.69) is 10.3 Å². The smallest absolute Gasteiger partial charge is 0.408 e. The van der Waals surface area contributed by atoms with Crippen LogP contribution in [0.5, 0.6) is 0 Å². The predicted octanol–water partition coefficient (Wildman–Crippen LogP) is 3.51. The van der Waals surface area contributed by atoms with Crippen LogP contribution in [0.3, 0.4) is 0 Å². The minimum absolute atomic E-state index is 0.139. The number of carbonyl (C=O) groups excluding carboxylic acids is 2. The van der Waals surface area contributed by atoms with E-state index in [1.54, 1.807) is 25.7 Å². The fourth-order valence-electron chi connectivity index (χ4n) is 2.93. The van der Waals surface area contributed by atoms with E-state index in [1.165, 1.54) is 0 Å². The molecule has 1 N–H and O–H groups in total. The van der Waals surface area contributed by atoms with Crippen LogP contribution in [0.2, 0.25) is 5.15 Å². The van der Waals surface area contributed by atoms with Crippen LogP contribution in [-0.4, -0.2) is 40.1 Å². The zero-order chi connectivity index (χ0) is 18.9. The van der Waals surface area contributed by atoms with Crippen molar-refractivity contribution in [1.29, 1.82) is 0 Å². The van der Waals surface area contributed by atoms with Crippen molar-refractivity contribution >= 4 is 34.5 Å². The van der Waals surface area contributed by atoms with E-state index in [4.69, 9.17) is 16.3 Å². The molecule has 0 unspecified atom stereocenters. The van der Waals surface area contributed by atoms with Crippen LogP contribution in [0.4, 0.5) is 4.79 Å². The van der Waals surface area contributed by atoms with Crippen molar-refractivity contribution in [3.8, 4) is 0 Å². The highest BCUT2D eigenvalue weighted by atomic mass is 35.5. The summed E-state index contributed by atoms with van der Waals surface area (Å²) in [6.45, 7) is 6.25. The van der Waals surface area contributed by atoms with E-state index in [0.29, 0.717) is 24.7 Å². The molecule has 7 heteroatoms. The summed E-state index contributed by atoms with van der Waals surface area (Å²) in [5.74, 6) is -0.139. The first-order chi connectivity index (χ1) is 12.2. The molecule has 1 saturated heterocycles. The zero-order valence-electron chi connectivity index (χ0n) is 15.1. The van der Waals surface area contributed by atoms with Crippen molar-refractivity contribution < 1.29 is 14.3 Å². The van der Waals surface area contributed by atoms with Gasteiger partial charge in [0.25, 0.3) is 0 Å². The largest absolute Gasteiger partial charge is 0.444 e. The molecule has 2 amide bonds. The average Bonchev–Trinajstić information content (AvgIpc) is 2.87. The first kappa shape index (κ1) is 18.5. The number of halogens is 1. The highest BCUT2D eigenvalue weighted by molar-refractivity contribution is 6.30. The van der Waals surface area contributed by atoms with Gasteiger partial charge in [0.2, 0.25) is 5.91 Å². The number of fused-ring (bicyclic) bond motifs is 1. The van der Waals surface area contributed by atoms with Gasteiger partial charge in [0.1, 0.15) is 16.8 Å². The Kier molecular flexibility index (Phi) is 5.05. The standard InChI is InChI=1S/C19H22ClN3O3/c1-19(2,3)26-18(25)22-15-8-9-23(17(15)24)11-13-10-12-6-4-5-7-14(12)21-16(13)20/h4-7,10,15H,8-9,11H2,1-3H3,(H,22,25)/t15-/m0/s1. The van der Waals surface area contributed by atoms with Gasteiger partial charge >= 0.3 is 6.09 Å². The molecular formula is C19H22ClN3O3. The molecule has 0 radical (unpaired) electrons. The molecule has 1 aromatic heterocycles. The summed E-state index contributed by atoms with van der Waals surface area (Å²) >= 11 is 6.28. The third kappa shape index (κ3) is 4.25. The molecule has 0 saturated carbocycles. The number of benzene rings is 1. The zero-order valence-corrected chi connectivity index (χ0v) is 15.8. The Bertz CT molecular complexity index is 848. The maximum atomic E-state index is 12.6. The summed E-state index contributed by atoms with van der Waals surface area (Å²) in [5.41, 5.74) is 1.01. The Morgan fingerprint density at radius 3 is 2.85 bits per heavy atom. The Balaban J connectivity index is 1.67. The Hall–Kier alpha value is -2.34. The van der Waals surface area contributed by atoms with E-state index in [1.807, 2.05) is 30.3 Å². The number of carbonyl (C=O) groups is 2. The van der Waals surface area contributed by atoms with E-state index in [-0.39, 0.29) is 5.91 Å². The van der Waals surface area contributed by atoms with Gasteiger partial charge in [-0.3, -0.25) is 4.79 Å². The van der Waals surface area contributed by atoms with Crippen molar-refractivity contribution in [2.24, 2.45) is 0 Å². The van der Waals surface area contributed by atoms with Gasteiger partial charge in [-0.05, 0) is 39.3 Å². The molecule has 0 bridgehead atoms. The number of para-hydroxylation sites is 1. The van der Waals surface area contributed by atoms with Crippen LogP contribution < -0.4 is 5.32 Å². The maximum absolute atomic E-state index is 12.6. The maximum Gasteiger partial charge on any atom is 0.408 e. The van der Waals surface area contributed by atoms with Gasteiger partial charge in [0.15, 0.2) is 0 Å². The molecule has 0 spiro atoms. The minimum atomic E-state index is -0.601. The Labute approximate surface area is 157 Å². The number of nitrogens with one attached hydrogen (secondary N) is 1. The van der Waals surface area contributed by atoms with Gasteiger partial charge in [0, 0.05) is 24.0 Å². The number of amides is 2. The Morgan fingerprint density at radius 2 is 2.12 bits per heavy atom. The fraction of sp³-hybridized carbons (Fsp3) is 0.421. The Morgan fingerprint density at radius 1 is 1.38 bits per heavy atom. The van der Waals surface area contributed by atoms with Gasteiger partial charge in [-0.2, -0.15) is 0 Å². The number of hydrogen-bond acceptors (Lipinski definition) is 4. The fourth-order valence-corrected chi connectivity index (χ4v) is 3.14. The second kappa shape index (κ2) is 7.11. The van der Waals surface area contributed by atoms with Crippen LogP contribution in [-0.2, 0) is 16.1 Å². The first-order valence-corrected chi connectivity index (χ1v) is 8.93. The number of aromatic nitrogens is 1. The second-order valence-electron chi connectivity index (χ2n) is 7.38. The van der Waals surface area contributed by atoms with E-state index in [0.717, 1.165) is 16.5 Å². The molecule has 1 aliphatic heterocycles. The molecule has 3 rings (SSSR count). The number of nitrogens with zero attached hydrogens (tertiary/aromatic N) is 2. The number of ether oxygens (including phenoxy) is 1. The molecule has 1 fully saturated rings. The van der Waals surface area contributed by atoms with Crippen LogP contribution >= 0.6 is 11.6 Å². The predicted molar refractivity (Wildman–Crippen MR) is 99.9 cm³/mol. The second-order valence-corrected chi connectivity index (χ2v) is 7.74. The summed E-state index contributed by atoms with van der Waals surface area (Å²) in [4.78, 5) is 30.5. The molecule has 138 valence electrons. The first-order valence-electron chi connectivity index (χ1n) is 8.55. The van der Waals surface area contributed by atoms with Crippen molar-refractivity contribution in [1.82, 2.24) is 15.2 Å². The van der Waals surface area contributed by atoms with Crippen molar-refractivity contribution in [2.75, 3.05) is 6.54 Å². The van der Waals surface area contributed by atoms with Gasteiger partial charge in [-0.15, -0.1) is 0 Å². The monoisotopic (exact) mass is 375 g/mol. The molecule has 1 atom stereocenters. The molecular weight excluding hydrogens is 354 g/mol. The van der Waals surface area contributed by atoms with E-state index >= 15 is 0 Å². The van der Waals surface area contributed by atoms with Crippen molar-refractivity contribution in [2.45, 2.75) is 45.4 Å². The van der Waals surface area contributed by atoms with Gasteiger partial charge in [-0.1, -0.05) is 29.8 Å². The SMILES string of the molecule is CC(C)(C)OC(=O)N[C@H]1CCN(Cc2cc3ccccc3nc2Cl)C1=O. The average molecular weight is 376 g/mol. The molecule has 2 aromatic rings. The van der Waals surface area contributed by atoms with Gasteiger partial charge in [-0.25, -0.2) is 9.78 Å². The highest BCUT2D eigenvalue weighted by Crippen LogP contribution is 2.24. The minimum Gasteiger partial charge on any atom is -0.444 e. The lowest BCUT2D eigenvalue weighted by Crippen LogP contribution is -2.43. The van der Waals surface area contributed by atoms with Gasteiger partial charge in [0.05, 0.1) is 5.52 Å². The number of likely N-dealkylation sites (tertiary alicyclic amines) is 1. The number of rotatable bonds is 3. The lowest BCUT2D eigenvalue weighted by atomic mass is 10.1. The third-order valence-corrected chi connectivity index (χ3v) is 4.43. The summed E-state index contributed by atoms with van der Waals surface area (Å²) < 4.78 is 5.22. The molecule has 6 nitrogen and oxygen atoms in total. The van der Waals surface area contributed by atoms with E-state index < -0.39 is 17.7 Å². The molecule has 1 aliphatic rings. The number of pyridine rings is 1. The molecule has 26 heavy (non-hydrogen) atoms. The third-order valence-electron chi connectivity index (χ3n) is 4.10. The normalized spacial score (nSPS) is 17.6. The van der Waals surface area contributed by atoms with Crippen LogP contribution in [0.15, 0.2) is 30.3 Å². The van der Waals surface area contributed by atoms with Crippen molar-refractivity contribution in [3.63, 3.8) is 0 Å². The van der Waals surface area contributed by atoms with Crippen LogP contribution in [0, 0.1) is 0 Å². The van der Waals surface area contributed by atoms with Crippen molar-refractivity contribution in [3.05, 3.63) is 41.0 Å². The van der Waals surface area contributed by atoms with Crippen LogP contribution in [0.25, 0.3) is 10.9 Å². The topological polar surface area (TPSA) is 71.5 Å². The summed E-state index contributed by atoms with van der Waals surface area (Å²) in [6.07, 6.45) is -0.0421. The van der Waals surface area contributed by atoms with Gasteiger partial charge < -0.3 is 15.0 Å². The lowest BCUT2D eigenvalue weighted by molar-refractivity contribution is -0.129. The summed E-state index contributed by atoms with van der Waals surface area (Å²) in [6, 6.07) is 9.07. The lowest BCUT2D eigenvalue weighted by Gasteiger charge is -2.22. The summed E-state index contributed by atoms with van der Waals surface area (Å²) in [7, 11) is 0. The molecule has 1 aromatic carbocycles. The summed E-state index contributed by atoms with van der Waals surface area (Å²) in [5, 5.41) is 4.01. The quantitative estimate of drug-likeness (QED) is 0.833. The number of alkyl carbamates (subject to hydrolysis) is 1. The molecule has 2 heterocycles. The molecule has 0 aliphatic carbocycles. The number of hydrogen-bond donors (Lipinski definition) is 1. The van der Waals surface area contributed by atoms with E-state index in [9.17, 15) is 9.59 Å². The van der Waals surface area contributed by atoms with Crippen LogP contribution in [0.1, 0.15) is 32.8 Å².